The van der Waals surface area contributed by atoms with Crippen LogP contribution in [0.5, 0.6) is 0 Å². The lowest BCUT2D eigenvalue weighted by Crippen LogP contribution is -2.37. The van der Waals surface area contributed by atoms with Crippen molar-refractivity contribution in [2.45, 2.75) is 12.2 Å². The van der Waals surface area contributed by atoms with Crippen LogP contribution in [0.25, 0.3) is 0 Å². The molecule has 0 radical (unpaired) electrons. The first-order valence-electron chi connectivity index (χ1n) is 3.39. The Bertz CT molecular complexity index is 329. The van der Waals surface area contributed by atoms with Crippen LogP contribution < -0.4 is 0 Å². The van der Waals surface area contributed by atoms with Crippen molar-refractivity contribution in [2.24, 2.45) is 0 Å². The number of likely N-dealkylation sites (N-methyl/N-ethyl adjacent to an activating group) is 1. The highest BCUT2D eigenvalue weighted by Gasteiger charge is 2.26. The summed E-state index contributed by atoms with van der Waals surface area (Å²) in [4.78, 5) is 10.2. The Kier molecular flexibility index (Phi) is 3.84. The number of sulfonamides is 1. The zero-order chi connectivity index (χ0) is 10.6. The maximum absolute atomic E-state index is 11.2. The molecule has 0 aromatic rings. The average Bonchev–Trinajstić information content (AvgIpc) is 2.01. The third-order valence-corrected chi connectivity index (χ3v) is 3.42. The lowest BCUT2D eigenvalue weighted by Gasteiger charge is -2.15. The monoisotopic (exact) mass is 206 g/mol. The summed E-state index contributed by atoms with van der Waals surface area (Å²) in [5, 5.41) is 15.4. The smallest absolute Gasteiger partial charge is 0.318 e. The van der Waals surface area contributed by atoms with Crippen molar-refractivity contribution in [1.29, 1.82) is 5.26 Å². The number of carbonyl (C=O) groups is 1. The number of carboxylic acids is 1. The largest absolute Gasteiger partial charge is 0.480 e. The van der Waals surface area contributed by atoms with Crippen LogP contribution in [0, 0.1) is 11.3 Å². The van der Waals surface area contributed by atoms with Gasteiger partial charge in [-0.05, 0) is 6.92 Å². The molecule has 0 rings (SSSR count). The molecule has 1 N–H and O–H groups in total. The standard InChI is InChI=1S/C6H10N2O4S/c1-5(3-7)13(11,12)8(2)4-6(9)10/h5H,4H2,1-2H3,(H,9,10). The lowest BCUT2D eigenvalue weighted by molar-refractivity contribution is -0.137. The number of nitriles is 1. The zero-order valence-corrected chi connectivity index (χ0v) is 8.08. The molecule has 0 aliphatic heterocycles. The van der Waals surface area contributed by atoms with Crippen LogP contribution in [0.15, 0.2) is 0 Å². The molecule has 13 heavy (non-hydrogen) atoms. The van der Waals surface area contributed by atoms with E-state index in [0.29, 0.717) is 4.31 Å². The average molecular weight is 206 g/mol. The van der Waals surface area contributed by atoms with Gasteiger partial charge in [0.25, 0.3) is 0 Å². The number of aliphatic carboxylic acids is 1. The highest BCUT2D eigenvalue weighted by atomic mass is 32.2. The number of hydrogen-bond donors (Lipinski definition) is 1. The maximum atomic E-state index is 11.2. The van der Waals surface area contributed by atoms with Crippen molar-refractivity contribution >= 4 is 16.0 Å². The summed E-state index contributed by atoms with van der Waals surface area (Å²) in [5.41, 5.74) is 0. The molecule has 7 heteroatoms. The highest BCUT2D eigenvalue weighted by molar-refractivity contribution is 7.89. The molecule has 1 unspecified atom stereocenters. The minimum Gasteiger partial charge on any atom is -0.480 e. The molecule has 0 aliphatic rings. The number of rotatable bonds is 4. The van der Waals surface area contributed by atoms with Crippen molar-refractivity contribution < 1.29 is 18.3 Å². The van der Waals surface area contributed by atoms with Gasteiger partial charge in [0.15, 0.2) is 5.25 Å². The Morgan fingerprint density at radius 3 is 2.46 bits per heavy atom. The fraction of sp³-hybridized carbons (Fsp3) is 0.667. The van der Waals surface area contributed by atoms with Crippen LogP contribution in [0.3, 0.4) is 0 Å². The van der Waals surface area contributed by atoms with Crippen LogP contribution >= 0.6 is 0 Å². The van der Waals surface area contributed by atoms with Crippen molar-refractivity contribution in [2.75, 3.05) is 13.6 Å². The normalized spacial score (nSPS) is 13.7. The van der Waals surface area contributed by atoms with Crippen molar-refractivity contribution in [3.63, 3.8) is 0 Å². The Labute approximate surface area is 76.4 Å². The van der Waals surface area contributed by atoms with Gasteiger partial charge in [-0.3, -0.25) is 4.79 Å². The van der Waals surface area contributed by atoms with Crippen LogP contribution in [-0.2, 0) is 14.8 Å². The molecule has 0 aromatic carbocycles. The number of nitrogens with zero attached hydrogens (tertiary/aromatic N) is 2. The van der Waals surface area contributed by atoms with Crippen LogP contribution in [0.2, 0.25) is 0 Å². The van der Waals surface area contributed by atoms with Gasteiger partial charge in [-0.1, -0.05) is 0 Å². The van der Waals surface area contributed by atoms with E-state index in [0.717, 1.165) is 7.05 Å². The number of hydrogen-bond acceptors (Lipinski definition) is 4. The minimum atomic E-state index is -3.79. The molecular formula is C6H10N2O4S. The number of carboxylic acid groups (broad SMARTS) is 1. The topological polar surface area (TPSA) is 98.5 Å². The SMILES string of the molecule is CC(C#N)S(=O)(=O)N(C)CC(=O)O. The van der Waals surface area contributed by atoms with Crippen molar-refractivity contribution in [3.8, 4) is 6.07 Å². The van der Waals surface area contributed by atoms with Gasteiger partial charge in [0, 0.05) is 7.05 Å². The van der Waals surface area contributed by atoms with Gasteiger partial charge in [-0.2, -0.15) is 9.57 Å². The van der Waals surface area contributed by atoms with E-state index < -0.39 is 27.8 Å². The van der Waals surface area contributed by atoms with E-state index in [1.165, 1.54) is 13.0 Å². The Balaban J connectivity index is 4.67. The second kappa shape index (κ2) is 4.20. The van der Waals surface area contributed by atoms with E-state index in [-0.39, 0.29) is 0 Å². The molecule has 0 aromatic heterocycles. The first kappa shape index (κ1) is 11.9. The Morgan fingerprint density at radius 1 is 1.69 bits per heavy atom. The van der Waals surface area contributed by atoms with Gasteiger partial charge in [-0.25, -0.2) is 8.42 Å². The fourth-order valence-corrected chi connectivity index (χ4v) is 1.58. The van der Waals surface area contributed by atoms with Gasteiger partial charge in [0.05, 0.1) is 6.07 Å². The van der Waals surface area contributed by atoms with E-state index in [2.05, 4.69) is 0 Å². The van der Waals surface area contributed by atoms with Crippen LogP contribution in [0.4, 0.5) is 0 Å². The van der Waals surface area contributed by atoms with Crippen LogP contribution in [0.1, 0.15) is 6.92 Å². The molecule has 74 valence electrons. The molecule has 6 nitrogen and oxygen atoms in total. The summed E-state index contributed by atoms with van der Waals surface area (Å²) < 4.78 is 23.1. The fourth-order valence-electron chi connectivity index (χ4n) is 0.617. The molecule has 0 amide bonds. The zero-order valence-electron chi connectivity index (χ0n) is 7.26. The maximum Gasteiger partial charge on any atom is 0.318 e. The van der Waals surface area contributed by atoms with Crippen LogP contribution in [-0.4, -0.2) is 42.6 Å². The van der Waals surface area contributed by atoms with E-state index in [9.17, 15) is 13.2 Å². The van der Waals surface area contributed by atoms with Crippen molar-refractivity contribution in [1.82, 2.24) is 4.31 Å². The van der Waals surface area contributed by atoms with Gasteiger partial charge in [0.2, 0.25) is 10.0 Å². The molecule has 0 fully saturated rings. The Morgan fingerprint density at radius 2 is 2.15 bits per heavy atom. The lowest BCUT2D eigenvalue weighted by atomic mass is 10.5. The molecule has 1 atom stereocenters. The third-order valence-electron chi connectivity index (χ3n) is 1.42. The van der Waals surface area contributed by atoms with E-state index in [4.69, 9.17) is 10.4 Å². The summed E-state index contributed by atoms with van der Waals surface area (Å²) in [5.74, 6) is -1.25. The third kappa shape index (κ3) is 3.01. The summed E-state index contributed by atoms with van der Waals surface area (Å²) >= 11 is 0. The minimum absolute atomic E-state index is 0.631. The summed E-state index contributed by atoms with van der Waals surface area (Å²) in [7, 11) is -2.67. The van der Waals surface area contributed by atoms with Gasteiger partial charge >= 0.3 is 5.97 Å². The molecule has 0 spiro atoms. The first-order valence-corrected chi connectivity index (χ1v) is 4.89. The molecule has 0 aliphatic carbocycles. The predicted octanol–water partition coefficient (Wildman–Crippen LogP) is -0.755. The van der Waals surface area contributed by atoms with E-state index >= 15 is 0 Å². The molecule has 0 heterocycles. The second-order valence-corrected chi connectivity index (χ2v) is 4.83. The van der Waals surface area contributed by atoms with Gasteiger partial charge in [0.1, 0.15) is 6.54 Å². The molecule has 0 bridgehead atoms. The quantitative estimate of drug-likeness (QED) is 0.652. The molecular weight excluding hydrogens is 196 g/mol. The highest BCUT2D eigenvalue weighted by Crippen LogP contribution is 2.04. The summed E-state index contributed by atoms with van der Waals surface area (Å²) in [6.07, 6.45) is 0. The summed E-state index contributed by atoms with van der Waals surface area (Å²) in [6.45, 7) is 0.571. The van der Waals surface area contributed by atoms with E-state index in [1.54, 1.807) is 0 Å². The van der Waals surface area contributed by atoms with Gasteiger partial charge in [-0.15, -0.1) is 0 Å². The first-order chi connectivity index (χ1) is 5.82. The van der Waals surface area contributed by atoms with E-state index in [1.807, 2.05) is 0 Å². The summed E-state index contributed by atoms with van der Waals surface area (Å²) in [6, 6.07) is 1.54. The van der Waals surface area contributed by atoms with Crippen molar-refractivity contribution in [3.05, 3.63) is 0 Å². The Hall–Kier alpha value is -1.13. The molecule has 0 saturated heterocycles. The second-order valence-electron chi connectivity index (χ2n) is 2.47. The predicted molar refractivity (Wildman–Crippen MR) is 44.3 cm³/mol. The van der Waals surface area contributed by atoms with Gasteiger partial charge < -0.3 is 5.11 Å². The molecule has 0 saturated carbocycles.